The van der Waals surface area contributed by atoms with Gasteiger partial charge in [-0.25, -0.2) is 0 Å². The van der Waals surface area contributed by atoms with Gasteiger partial charge in [-0.15, -0.1) is 0 Å². The smallest absolute Gasteiger partial charge is 0.308 e. The van der Waals surface area contributed by atoms with Gasteiger partial charge in [-0.2, -0.15) is 0 Å². The van der Waals surface area contributed by atoms with Gasteiger partial charge in [-0.05, 0) is 0 Å². The van der Waals surface area contributed by atoms with Crippen molar-refractivity contribution in [3.8, 4) is 0 Å². The van der Waals surface area contributed by atoms with Gasteiger partial charge in [-0.1, -0.05) is 0 Å². The largest absolute Gasteiger partial charge is 0.451 e. The topological polar surface area (TPSA) is 195 Å². The summed E-state index contributed by atoms with van der Waals surface area (Å²) in [6.45, 7) is 6.42. The molecular weight excluding hydrogens is 556 g/mol. The van der Waals surface area contributed by atoms with E-state index in [0.717, 1.165) is 41.5 Å². The lowest BCUT2D eigenvalue weighted by Gasteiger charge is -2.41. The molecule has 2 heterocycles. The first-order valence-corrected chi connectivity index (χ1v) is 12.1. The third-order valence-corrected chi connectivity index (χ3v) is 5.20. The standard InChI is InChI=1S/C25H32O16/c1-10(26)34-18-16(40-24(32-7)22(38-14(5)30)20(18)36-12(3)28)9-17-19(35-11(2)27)21(37-13(4)29)23(39-15(6)31)25(33-8)41-17/h16-19,24-25H,9H2,1-8H3/t16-,17-,18-,19-,24+,25+/m1/s1. The molecule has 16 heteroatoms. The Balaban J connectivity index is 2.68. The van der Waals surface area contributed by atoms with Crippen LogP contribution in [0.2, 0.25) is 0 Å². The van der Waals surface area contributed by atoms with Crippen molar-refractivity contribution in [2.24, 2.45) is 0 Å². The van der Waals surface area contributed by atoms with Crippen LogP contribution in [0.3, 0.4) is 0 Å². The Morgan fingerprint density at radius 3 is 1.05 bits per heavy atom. The fraction of sp³-hybridized carbons (Fsp3) is 0.600. The van der Waals surface area contributed by atoms with E-state index < -0.39 is 84.3 Å². The van der Waals surface area contributed by atoms with E-state index >= 15 is 0 Å². The van der Waals surface area contributed by atoms with Crippen LogP contribution in [0.4, 0.5) is 0 Å². The van der Waals surface area contributed by atoms with Gasteiger partial charge < -0.3 is 47.4 Å². The minimum absolute atomic E-state index is 0.341. The molecule has 0 amide bonds. The van der Waals surface area contributed by atoms with Crippen molar-refractivity contribution in [3.63, 3.8) is 0 Å². The molecule has 41 heavy (non-hydrogen) atoms. The van der Waals surface area contributed by atoms with Crippen molar-refractivity contribution in [3.05, 3.63) is 23.0 Å². The molecule has 2 aliphatic heterocycles. The lowest BCUT2D eigenvalue weighted by atomic mass is 9.95. The summed E-state index contributed by atoms with van der Waals surface area (Å²) >= 11 is 0. The second-order valence-electron chi connectivity index (χ2n) is 8.61. The first-order chi connectivity index (χ1) is 19.2. The van der Waals surface area contributed by atoms with Crippen LogP contribution in [-0.2, 0) is 76.1 Å². The van der Waals surface area contributed by atoms with Crippen LogP contribution in [0.25, 0.3) is 0 Å². The lowest BCUT2D eigenvalue weighted by Crippen LogP contribution is -2.52. The van der Waals surface area contributed by atoms with Crippen LogP contribution in [0.15, 0.2) is 23.0 Å². The van der Waals surface area contributed by atoms with Crippen LogP contribution in [-0.4, -0.2) is 87.0 Å². The number of ether oxygens (including phenoxy) is 10. The molecule has 0 fully saturated rings. The van der Waals surface area contributed by atoms with Crippen LogP contribution < -0.4 is 0 Å². The Morgan fingerprint density at radius 2 is 0.805 bits per heavy atom. The Kier molecular flexibility index (Phi) is 11.9. The second kappa shape index (κ2) is 14.7. The number of hydrogen-bond donors (Lipinski definition) is 0. The van der Waals surface area contributed by atoms with Crippen molar-refractivity contribution in [1.82, 2.24) is 0 Å². The summed E-state index contributed by atoms with van der Waals surface area (Å²) in [5, 5.41) is 0. The molecule has 0 aromatic rings. The van der Waals surface area contributed by atoms with Gasteiger partial charge in [0.2, 0.25) is 24.1 Å². The van der Waals surface area contributed by atoms with Crippen LogP contribution >= 0.6 is 0 Å². The highest BCUT2D eigenvalue weighted by molar-refractivity contribution is 5.71. The molecule has 0 unspecified atom stereocenters. The number of rotatable bonds is 10. The van der Waals surface area contributed by atoms with Crippen molar-refractivity contribution < 1.29 is 76.1 Å². The summed E-state index contributed by atoms with van der Waals surface area (Å²) < 4.78 is 54.1. The molecule has 0 aromatic carbocycles. The predicted molar refractivity (Wildman–Crippen MR) is 128 cm³/mol. The van der Waals surface area contributed by atoms with E-state index in [1.807, 2.05) is 0 Å². The number of carbonyl (C=O) groups is 6. The first-order valence-electron chi connectivity index (χ1n) is 12.1. The first kappa shape index (κ1) is 33.3. The maximum Gasteiger partial charge on any atom is 0.308 e. The average molecular weight is 589 g/mol. The van der Waals surface area contributed by atoms with Crippen molar-refractivity contribution in [2.75, 3.05) is 14.2 Å². The molecule has 16 nitrogen and oxygen atoms in total. The Hall–Kier alpha value is -3.86. The third kappa shape index (κ3) is 9.07. The van der Waals surface area contributed by atoms with Gasteiger partial charge in [0.05, 0.1) is 0 Å². The normalized spacial score (nSPS) is 26.0. The molecule has 0 aromatic heterocycles. The van der Waals surface area contributed by atoms with Gasteiger partial charge in [0.25, 0.3) is 0 Å². The Morgan fingerprint density at radius 1 is 0.512 bits per heavy atom. The number of methoxy groups -OCH3 is 2. The van der Waals surface area contributed by atoms with Crippen molar-refractivity contribution in [2.45, 2.75) is 85.0 Å². The molecular formula is C25H32O16. The van der Waals surface area contributed by atoms with Gasteiger partial charge in [0.15, 0.2) is 23.7 Å². The number of esters is 6. The minimum atomic E-state index is -1.52. The van der Waals surface area contributed by atoms with Crippen LogP contribution in [0.5, 0.6) is 0 Å². The van der Waals surface area contributed by atoms with Crippen molar-refractivity contribution >= 4 is 35.8 Å². The zero-order chi connectivity index (χ0) is 31.0. The highest BCUT2D eigenvalue weighted by Crippen LogP contribution is 2.38. The molecule has 0 spiro atoms. The van der Waals surface area contributed by atoms with Gasteiger partial charge in [-0.3, -0.25) is 28.8 Å². The fourth-order valence-electron chi connectivity index (χ4n) is 4.00. The van der Waals surface area contributed by atoms with Crippen LogP contribution in [0, 0.1) is 0 Å². The SMILES string of the molecule is CO[C@H]1O[C@H](C[C@H]2O[C@H](OC)C(OC(C)=O)=C(OC(C)=O)[C@@H]2OC(C)=O)[C@@H](OC(C)=O)C(OC(C)=O)=C1OC(C)=O. The van der Waals surface area contributed by atoms with E-state index in [0.29, 0.717) is 0 Å². The summed E-state index contributed by atoms with van der Waals surface area (Å²) in [4.78, 5) is 71.7. The quantitative estimate of drug-likeness (QED) is 0.255. The minimum Gasteiger partial charge on any atom is -0.451 e. The van der Waals surface area contributed by atoms with E-state index in [-0.39, 0.29) is 17.9 Å². The molecule has 6 atom stereocenters. The molecule has 0 bridgehead atoms. The molecule has 0 saturated carbocycles. The highest BCUT2D eigenvalue weighted by atomic mass is 16.7. The molecule has 0 aliphatic carbocycles. The van der Waals surface area contributed by atoms with E-state index in [1.54, 1.807) is 0 Å². The third-order valence-electron chi connectivity index (χ3n) is 5.20. The molecule has 0 saturated heterocycles. The molecule has 228 valence electrons. The Bertz CT molecular complexity index is 1030. The predicted octanol–water partition coefficient (Wildman–Crippen LogP) is 0.658. The average Bonchev–Trinajstić information content (AvgIpc) is 2.84. The summed E-state index contributed by atoms with van der Waals surface area (Å²) in [7, 11) is 2.41. The fourth-order valence-corrected chi connectivity index (χ4v) is 4.00. The molecule has 0 N–H and O–H groups in total. The highest BCUT2D eigenvalue weighted by Gasteiger charge is 2.50. The zero-order valence-electron chi connectivity index (χ0n) is 23.7. The van der Waals surface area contributed by atoms with E-state index in [2.05, 4.69) is 0 Å². The number of hydrogen-bond acceptors (Lipinski definition) is 16. The maximum atomic E-state index is 12.1. The van der Waals surface area contributed by atoms with Gasteiger partial charge >= 0.3 is 35.8 Å². The summed E-state index contributed by atoms with van der Waals surface area (Å²) in [6.07, 6.45) is -8.84. The maximum absolute atomic E-state index is 12.1. The van der Waals surface area contributed by atoms with Gasteiger partial charge in [0.1, 0.15) is 12.2 Å². The van der Waals surface area contributed by atoms with E-state index in [4.69, 9.17) is 47.4 Å². The van der Waals surface area contributed by atoms with E-state index in [9.17, 15) is 28.8 Å². The summed E-state index contributed by atoms with van der Waals surface area (Å²) in [5.41, 5.74) is 0. The number of carbonyl (C=O) groups excluding carboxylic acids is 6. The van der Waals surface area contributed by atoms with Crippen LogP contribution in [0.1, 0.15) is 48.0 Å². The molecule has 2 rings (SSSR count). The van der Waals surface area contributed by atoms with Gasteiger partial charge in [0, 0.05) is 62.2 Å². The summed E-state index contributed by atoms with van der Waals surface area (Å²) in [5.74, 6) is -6.58. The zero-order valence-corrected chi connectivity index (χ0v) is 23.7. The van der Waals surface area contributed by atoms with Crippen molar-refractivity contribution in [1.29, 1.82) is 0 Å². The van der Waals surface area contributed by atoms with E-state index in [1.165, 1.54) is 14.2 Å². The second-order valence-corrected chi connectivity index (χ2v) is 8.61. The monoisotopic (exact) mass is 588 g/mol. The Labute approximate surface area is 234 Å². The molecule has 2 aliphatic rings. The lowest BCUT2D eigenvalue weighted by molar-refractivity contribution is -0.239. The molecule has 0 radical (unpaired) electrons. The summed E-state index contributed by atoms with van der Waals surface area (Å²) in [6, 6.07) is 0.